The lowest BCUT2D eigenvalue weighted by Crippen LogP contribution is -1.95. The maximum absolute atomic E-state index is 4.69. The first kappa shape index (κ1) is 17.1. The number of rotatable bonds is 3. The van der Waals surface area contributed by atoms with E-state index < -0.39 is 0 Å². The van der Waals surface area contributed by atoms with Crippen LogP contribution < -0.4 is 0 Å². The molecular weight excluding hydrogens is 282 g/mol. The normalized spacial score (nSPS) is 10.5. The second-order valence-electron chi connectivity index (χ2n) is 5.52. The molecule has 0 spiro atoms. The van der Waals surface area contributed by atoms with E-state index in [2.05, 4.69) is 42.9 Å². The van der Waals surface area contributed by atoms with Gasteiger partial charge in [-0.15, -0.1) is 0 Å². The summed E-state index contributed by atoms with van der Waals surface area (Å²) < 4.78 is 0. The summed E-state index contributed by atoms with van der Waals surface area (Å²) in [6.07, 6.45) is 4.73. The van der Waals surface area contributed by atoms with Crippen LogP contribution in [0.1, 0.15) is 51.8 Å². The Morgan fingerprint density at radius 1 is 0.957 bits per heavy atom. The Kier molecular flexibility index (Phi) is 5.80. The van der Waals surface area contributed by atoms with Gasteiger partial charge in [-0.1, -0.05) is 46.8 Å². The van der Waals surface area contributed by atoms with Crippen molar-refractivity contribution in [1.29, 1.82) is 0 Å². The van der Waals surface area contributed by atoms with Crippen LogP contribution in [0.5, 0.6) is 0 Å². The van der Waals surface area contributed by atoms with E-state index in [4.69, 9.17) is 4.98 Å². The zero-order valence-electron chi connectivity index (χ0n) is 14.7. The van der Waals surface area contributed by atoms with Gasteiger partial charge in [-0.05, 0) is 36.1 Å². The van der Waals surface area contributed by atoms with Gasteiger partial charge in [-0.3, -0.25) is 4.98 Å². The van der Waals surface area contributed by atoms with Crippen molar-refractivity contribution in [2.75, 3.05) is 0 Å². The Morgan fingerprint density at radius 2 is 1.74 bits per heavy atom. The lowest BCUT2D eigenvalue weighted by molar-refractivity contribution is 0.875. The fraction of sp³-hybridized carbons (Fsp3) is 0.350. The molecule has 3 aromatic rings. The van der Waals surface area contributed by atoms with Crippen LogP contribution in [0.15, 0.2) is 42.7 Å². The summed E-state index contributed by atoms with van der Waals surface area (Å²) >= 11 is 0. The number of hydrogen-bond donors (Lipinski definition) is 0. The molecule has 0 saturated carbocycles. The van der Waals surface area contributed by atoms with Crippen LogP contribution in [0.3, 0.4) is 0 Å². The third-order valence-electron chi connectivity index (χ3n) is 3.73. The molecule has 3 heteroatoms. The monoisotopic (exact) mass is 307 g/mol. The van der Waals surface area contributed by atoms with Gasteiger partial charge in [0.2, 0.25) is 0 Å². The average Bonchev–Trinajstić information content (AvgIpc) is 2.62. The van der Waals surface area contributed by atoms with Crippen LogP contribution in [0.4, 0.5) is 0 Å². The molecule has 2 aromatic heterocycles. The van der Waals surface area contributed by atoms with Crippen LogP contribution in [-0.4, -0.2) is 15.0 Å². The highest BCUT2D eigenvalue weighted by molar-refractivity contribution is 5.83. The number of fused-ring (bicyclic) bond motifs is 1. The first-order valence-corrected chi connectivity index (χ1v) is 8.40. The smallest absolute Gasteiger partial charge is 0.161 e. The Balaban J connectivity index is 0.000000924. The minimum Gasteiger partial charge on any atom is -0.261 e. The highest BCUT2D eigenvalue weighted by Gasteiger charge is 2.08. The molecule has 1 aromatic carbocycles. The van der Waals surface area contributed by atoms with Crippen molar-refractivity contribution >= 4 is 10.9 Å². The largest absolute Gasteiger partial charge is 0.261 e. The molecule has 0 aliphatic carbocycles. The summed E-state index contributed by atoms with van der Waals surface area (Å²) in [6, 6.07) is 10.3. The molecule has 3 rings (SSSR count). The third-order valence-corrected chi connectivity index (χ3v) is 3.73. The Labute approximate surface area is 138 Å². The van der Waals surface area contributed by atoms with Gasteiger partial charge in [-0.2, -0.15) is 0 Å². The van der Waals surface area contributed by atoms with Crippen LogP contribution >= 0.6 is 0 Å². The molecule has 0 unspecified atom stereocenters. The SMILES string of the molecule is CC.CCc1ccc(-c2ncc3c(C(C)C)cccc3n2)cn1. The van der Waals surface area contributed by atoms with E-state index in [9.17, 15) is 0 Å². The molecule has 0 bridgehead atoms. The van der Waals surface area contributed by atoms with E-state index >= 15 is 0 Å². The second kappa shape index (κ2) is 7.82. The van der Waals surface area contributed by atoms with Gasteiger partial charge in [0.25, 0.3) is 0 Å². The second-order valence-corrected chi connectivity index (χ2v) is 5.52. The molecule has 0 aliphatic heterocycles. The van der Waals surface area contributed by atoms with Crippen molar-refractivity contribution in [2.24, 2.45) is 0 Å². The van der Waals surface area contributed by atoms with Crippen molar-refractivity contribution in [1.82, 2.24) is 15.0 Å². The number of benzene rings is 1. The van der Waals surface area contributed by atoms with E-state index in [-0.39, 0.29) is 0 Å². The lowest BCUT2D eigenvalue weighted by atomic mass is 9.99. The first-order valence-electron chi connectivity index (χ1n) is 8.40. The molecule has 2 heterocycles. The summed E-state index contributed by atoms with van der Waals surface area (Å²) in [5.41, 5.74) is 4.33. The molecule has 0 aliphatic rings. The average molecular weight is 307 g/mol. The number of hydrogen-bond acceptors (Lipinski definition) is 3. The van der Waals surface area contributed by atoms with Crippen molar-refractivity contribution in [3.8, 4) is 11.4 Å². The van der Waals surface area contributed by atoms with Gasteiger partial charge in [-0.25, -0.2) is 9.97 Å². The van der Waals surface area contributed by atoms with E-state index in [1.165, 1.54) is 5.56 Å². The molecule has 0 amide bonds. The number of aromatic nitrogens is 3. The molecule has 120 valence electrons. The lowest BCUT2D eigenvalue weighted by Gasteiger charge is -2.10. The minimum absolute atomic E-state index is 0.466. The van der Waals surface area contributed by atoms with Gasteiger partial charge < -0.3 is 0 Å². The minimum atomic E-state index is 0.466. The molecule has 0 N–H and O–H groups in total. The van der Waals surface area contributed by atoms with Crippen molar-refractivity contribution in [3.63, 3.8) is 0 Å². The summed E-state index contributed by atoms with van der Waals surface area (Å²) in [5, 5.41) is 1.13. The van der Waals surface area contributed by atoms with Crippen LogP contribution in [0, 0.1) is 0 Å². The van der Waals surface area contributed by atoms with E-state index in [1.54, 1.807) is 0 Å². The van der Waals surface area contributed by atoms with Crippen molar-refractivity contribution < 1.29 is 0 Å². The standard InChI is InChI=1S/C18H19N3.C2H6/c1-4-14-9-8-13(10-19-14)18-20-11-16-15(12(2)3)6-5-7-17(16)21-18;1-2/h5-12H,4H2,1-3H3;1-2H3. The predicted octanol–water partition coefficient (Wildman–Crippen LogP) is 5.40. The number of pyridine rings is 1. The highest BCUT2D eigenvalue weighted by Crippen LogP contribution is 2.25. The van der Waals surface area contributed by atoms with E-state index in [1.807, 2.05) is 44.4 Å². The van der Waals surface area contributed by atoms with Gasteiger partial charge in [0.05, 0.1) is 5.52 Å². The predicted molar refractivity (Wildman–Crippen MR) is 97.6 cm³/mol. The van der Waals surface area contributed by atoms with Gasteiger partial charge >= 0.3 is 0 Å². The van der Waals surface area contributed by atoms with Gasteiger partial charge in [0, 0.05) is 29.0 Å². The zero-order chi connectivity index (χ0) is 16.8. The van der Waals surface area contributed by atoms with Gasteiger partial charge in [0.1, 0.15) is 0 Å². The maximum atomic E-state index is 4.69. The molecule has 0 saturated heterocycles. The van der Waals surface area contributed by atoms with Crippen LogP contribution in [0.25, 0.3) is 22.3 Å². The summed E-state index contributed by atoms with van der Waals surface area (Å²) in [4.78, 5) is 13.6. The molecule has 0 atom stereocenters. The Bertz CT molecular complexity index is 761. The summed E-state index contributed by atoms with van der Waals surface area (Å²) in [6.45, 7) is 10.5. The number of nitrogens with zero attached hydrogens (tertiary/aromatic N) is 3. The fourth-order valence-corrected chi connectivity index (χ4v) is 2.49. The zero-order valence-corrected chi connectivity index (χ0v) is 14.7. The van der Waals surface area contributed by atoms with Crippen LogP contribution in [-0.2, 0) is 6.42 Å². The van der Waals surface area contributed by atoms with Crippen LogP contribution in [0.2, 0.25) is 0 Å². The Hall–Kier alpha value is -2.29. The highest BCUT2D eigenvalue weighted by atomic mass is 14.9. The molecular formula is C20H25N3. The van der Waals surface area contributed by atoms with E-state index in [0.29, 0.717) is 5.92 Å². The van der Waals surface area contributed by atoms with Crippen molar-refractivity contribution in [3.05, 3.63) is 54.0 Å². The van der Waals surface area contributed by atoms with Gasteiger partial charge in [0.15, 0.2) is 5.82 Å². The topological polar surface area (TPSA) is 38.7 Å². The maximum Gasteiger partial charge on any atom is 0.161 e. The summed E-state index contributed by atoms with van der Waals surface area (Å²) in [7, 11) is 0. The Morgan fingerprint density at radius 3 is 2.35 bits per heavy atom. The quantitative estimate of drug-likeness (QED) is 0.650. The molecule has 0 radical (unpaired) electrons. The first-order chi connectivity index (χ1) is 11.2. The number of aryl methyl sites for hydroxylation is 1. The fourth-order valence-electron chi connectivity index (χ4n) is 2.49. The third kappa shape index (κ3) is 3.73. The molecule has 23 heavy (non-hydrogen) atoms. The molecule has 3 nitrogen and oxygen atoms in total. The summed E-state index contributed by atoms with van der Waals surface area (Å²) in [5.74, 6) is 1.20. The van der Waals surface area contributed by atoms with Crippen molar-refractivity contribution in [2.45, 2.75) is 47.0 Å². The molecule has 0 fully saturated rings. The van der Waals surface area contributed by atoms with E-state index in [0.717, 1.165) is 34.4 Å².